The molecule has 2 rings (SSSR count). The van der Waals surface area contributed by atoms with Crippen LogP contribution < -0.4 is 10.5 Å². The van der Waals surface area contributed by atoms with Gasteiger partial charge in [-0.15, -0.1) is 0 Å². The second kappa shape index (κ2) is 4.04. The van der Waals surface area contributed by atoms with Gasteiger partial charge in [-0.25, -0.2) is 0 Å². The zero-order valence-electron chi connectivity index (χ0n) is 8.53. The van der Waals surface area contributed by atoms with Gasteiger partial charge < -0.3 is 10.5 Å². The van der Waals surface area contributed by atoms with Crippen molar-refractivity contribution >= 4 is 5.82 Å². The van der Waals surface area contributed by atoms with E-state index >= 15 is 0 Å². The predicted molar refractivity (Wildman–Crippen MR) is 58.8 cm³/mol. The van der Waals surface area contributed by atoms with Crippen molar-refractivity contribution in [3.05, 3.63) is 41.6 Å². The molecule has 0 unspecified atom stereocenters. The van der Waals surface area contributed by atoms with Crippen LogP contribution in [0.5, 0.6) is 5.75 Å². The van der Waals surface area contributed by atoms with Crippen LogP contribution in [0.15, 0.2) is 30.5 Å². The van der Waals surface area contributed by atoms with Crippen molar-refractivity contribution in [2.24, 2.45) is 0 Å². The van der Waals surface area contributed by atoms with Gasteiger partial charge in [0.15, 0.2) is 0 Å². The van der Waals surface area contributed by atoms with E-state index < -0.39 is 0 Å². The number of nitrogens with zero attached hydrogens (tertiary/aromatic N) is 1. The van der Waals surface area contributed by atoms with Crippen LogP contribution in [0.3, 0.4) is 0 Å². The van der Waals surface area contributed by atoms with Gasteiger partial charge in [0.1, 0.15) is 11.6 Å². The summed E-state index contributed by atoms with van der Waals surface area (Å²) in [6.07, 6.45) is 2.47. The van der Waals surface area contributed by atoms with E-state index in [-0.39, 0.29) is 0 Å². The number of rotatable bonds is 3. The van der Waals surface area contributed by atoms with Crippen molar-refractivity contribution in [1.29, 1.82) is 0 Å². The number of nitrogen functional groups attached to an aromatic ring is 1. The summed E-state index contributed by atoms with van der Waals surface area (Å²) in [7, 11) is 1.66. The van der Waals surface area contributed by atoms with E-state index in [0.29, 0.717) is 5.82 Å². The molecule has 0 fully saturated rings. The van der Waals surface area contributed by atoms with Crippen LogP contribution in [0.1, 0.15) is 11.1 Å². The zero-order valence-corrected chi connectivity index (χ0v) is 8.53. The molecule has 1 heterocycles. The average molecular weight is 203 g/mol. The zero-order chi connectivity index (χ0) is 10.7. The molecule has 0 aliphatic heterocycles. The Balaban J connectivity index is 2.28. The van der Waals surface area contributed by atoms with Crippen molar-refractivity contribution in [2.75, 3.05) is 12.8 Å². The first kappa shape index (κ1) is 9.58. The van der Waals surface area contributed by atoms with Crippen LogP contribution in [-0.2, 0) is 6.42 Å². The molecule has 0 spiro atoms. The number of hydrogen-bond acceptors (Lipinski definition) is 3. The Hall–Kier alpha value is -1.97. The van der Waals surface area contributed by atoms with Gasteiger partial charge in [0.25, 0.3) is 0 Å². The van der Waals surface area contributed by atoms with Crippen LogP contribution in [-0.4, -0.2) is 17.3 Å². The fourth-order valence-electron chi connectivity index (χ4n) is 1.52. The average Bonchev–Trinajstić information content (AvgIpc) is 2.65. The highest BCUT2D eigenvalue weighted by Gasteiger charge is 2.06. The molecule has 0 radical (unpaired) electrons. The predicted octanol–water partition coefficient (Wildman–Crippen LogP) is 1.59. The summed E-state index contributed by atoms with van der Waals surface area (Å²) < 4.78 is 5.26. The number of aromatic amines is 1. The fraction of sp³-hybridized carbons (Fsp3) is 0.182. The summed E-state index contributed by atoms with van der Waals surface area (Å²) in [5.74, 6) is 1.49. The Bertz CT molecular complexity index is 451. The Morgan fingerprint density at radius 1 is 1.33 bits per heavy atom. The number of anilines is 1. The molecule has 3 N–H and O–H groups in total. The lowest BCUT2D eigenvalue weighted by atomic mass is 10.1. The van der Waals surface area contributed by atoms with Gasteiger partial charge >= 0.3 is 0 Å². The van der Waals surface area contributed by atoms with E-state index in [4.69, 9.17) is 10.5 Å². The summed E-state index contributed by atoms with van der Waals surface area (Å²) in [5.41, 5.74) is 7.81. The first-order chi connectivity index (χ1) is 7.31. The Kier molecular flexibility index (Phi) is 2.58. The van der Waals surface area contributed by atoms with E-state index in [1.54, 1.807) is 13.3 Å². The standard InChI is InChI=1S/C11H13N3O/c1-15-10-5-3-2-4-8(10)6-9-7-13-14-11(9)12/h2-5,7H,6H2,1H3,(H3,12,13,14). The first-order valence-electron chi connectivity index (χ1n) is 4.71. The lowest BCUT2D eigenvalue weighted by Crippen LogP contribution is -1.95. The molecule has 0 amide bonds. The first-order valence-corrected chi connectivity index (χ1v) is 4.71. The number of nitrogens with two attached hydrogens (primary N) is 1. The lowest BCUT2D eigenvalue weighted by molar-refractivity contribution is 0.410. The van der Waals surface area contributed by atoms with Crippen LogP contribution in [0.4, 0.5) is 5.82 Å². The highest BCUT2D eigenvalue weighted by molar-refractivity contribution is 5.44. The number of nitrogens with one attached hydrogen (secondary N) is 1. The smallest absolute Gasteiger partial charge is 0.122 e. The van der Waals surface area contributed by atoms with Crippen molar-refractivity contribution in [3.63, 3.8) is 0 Å². The molecule has 0 saturated heterocycles. The van der Waals surface area contributed by atoms with Crippen molar-refractivity contribution in [2.45, 2.75) is 6.42 Å². The third kappa shape index (κ3) is 1.93. The Morgan fingerprint density at radius 2 is 2.13 bits per heavy atom. The molecule has 0 atom stereocenters. The molecule has 4 heteroatoms. The molecule has 0 saturated carbocycles. The molecule has 4 nitrogen and oxygen atoms in total. The maximum absolute atomic E-state index is 5.72. The highest BCUT2D eigenvalue weighted by atomic mass is 16.5. The number of ether oxygens (including phenoxy) is 1. The van der Waals surface area contributed by atoms with Crippen molar-refractivity contribution < 1.29 is 4.74 Å². The van der Waals surface area contributed by atoms with Crippen LogP contribution in [0, 0.1) is 0 Å². The maximum Gasteiger partial charge on any atom is 0.122 e. The van der Waals surface area contributed by atoms with E-state index in [2.05, 4.69) is 10.2 Å². The Labute approximate surface area is 88.1 Å². The second-order valence-electron chi connectivity index (χ2n) is 3.30. The van der Waals surface area contributed by atoms with Crippen LogP contribution in [0.25, 0.3) is 0 Å². The Morgan fingerprint density at radius 3 is 2.80 bits per heavy atom. The quantitative estimate of drug-likeness (QED) is 0.796. The third-order valence-corrected chi connectivity index (χ3v) is 2.32. The molecular formula is C11H13N3O. The second-order valence-corrected chi connectivity index (χ2v) is 3.30. The van der Waals surface area contributed by atoms with Gasteiger partial charge in [0.2, 0.25) is 0 Å². The number of H-pyrrole nitrogens is 1. The maximum atomic E-state index is 5.72. The fourth-order valence-corrected chi connectivity index (χ4v) is 1.52. The summed E-state index contributed by atoms with van der Waals surface area (Å²) in [4.78, 5) is 0. The summed E-state index contributed by atoms with van der Waals surface area (Å²) >= 11 is 0. The molecule has 15 heavy (non-hydrogen) atoms. The van der Waals surface area contributed by atoms with Gasteiger partial charge in [-0.3, -0.25) is 5.10 Å². The molecule has 0 aliphatic carbocycles. The van der Waals surface area contributed by atoms with E-state index in [9.17, 15) is 0 Å². The van der Waals surface area contributed by atoms with Crippen LogP contribution >= 0.6 is 0 Å². The molecule has 1 aromatic carbocycles. The number of para-hydroxylation sites is 1. The minimum Gasteiger partial charge on any atom is -0.496 e. The summed E-state index contributed by atoms with van der Waals surface area (Å²) in [5, 5.41) is 6.60. The molecular weight excluding hydrogens is 190 g/mol. The summed E-state index contributed by atoms with van der Waals surface area (Å²) in [6.45, 7) is 0. The molecule has 1 aromatic heterocycles. The van der Waals surface area contributed by atoms with Crippen molar-refractivity contribution in [1.82, 2.24) is 10.2 Å². The van der Waals surface area contributed by atoms with Crippen molar-refractivity contribution in [3.8, 4) is 5.75 Å². The largest absolute Gasteiger partial charge is 0.496 e. The lowest BCUT2D eigenvalue weighted by Gasteiger charge is -2.06. The van der Waals surface area contributed by atoms with E-state index in [0.717, 1.165) is 23.3 Å². The highest BCUT2D eigenvalue weighted by Crippen LogP contribution is 2.22. The molecule has 2 aromatic rings. The van der Waals surface area contributed by atoms with E-state index in [1.807, 2.05) is 24.3 Å². The monoisotopic (exact) mass is 203 g/mol. The van der Waals surface area contributed by atoms with E-state index in [1.165, 1.54) is 0 Å². The van der Waals surface area contributed by atoms with Gasteiger partial charge in [0, 0.05) is 12.0 Å². The summed E-state index contributed by atoms with van der Waals surface area (Å²) in [6, 6.07) is 7.88. The SMILES string of the molecule is COc1ccccc1Cc1cn[nH]c1N. The number of benzene rings is 1. The van der Waals surface area contributed by atoms with Gasteiger partial charge in [0.05, 0.1) is 13.3 Å². The third-order valence-electron chi connectivity index (χ3n) is 2.32. The topological polar surface area (TPSA) is 63.9 Å². The number of hydrogen-bond donors (Lipinski definition) is 2. The normalized spacial score (nSPS) is 10.2. The minimum atomic E-state index is 0.612. The molecule has 0 aliphatic rings. The minimum absolute atomic E-state index is 0.612. The van der Waals surface area contributed by atoms with Gasteiger partial charge in [-0.05, 0) is 11.6 Å². The number of aromatic nitrogens is 2. The van der Waals surface area contributed by atoms with Gasteiger partial charge in [-0.1, -0.05) is 18.2 Å². The van der Waals surface area contributed by atoms with Crippen LogP contribution in [0.2, 0.25) is 0 Å². The molecule has 78 valence electrons. The van der Waals surface area contributed by atoms with Gasteiger partial charge in [-0.2, -0.15) is 5.10 Å². The number of methoxy groups -OCH3 is 1. The molecule has 0 bridgehead atoms.